The molecule has 0 spiro atoms. The van der Waals surface area contributed by atoms with Crippen LogP contribution in [-0.4, -0.2) is 21.1 Å². The van der Waals surface area contributed by atoms with E-state index in [2.05, 4.69) is 34.3 Å². The van der Waals surface area contributed by atoms with E-state index < -0.39 is 0 Å². The smallest absolute Gasteiger partial charge is 0.227 e. The number of hydrogen-bond acceptors (Lipinski definition) is 6. The van der Waals surface area contributed by atoms with Gasteiger partial charge in [0.2, 0.25) is 17.7 Å². The van der Waals surface area contributed by atoms with E-state index in [0.717, 1.165) is 35.5 Å². The van der Waals surface area contributed by atoms with Gasteiger partial charge in [0.05, 0.1) is 22.7 Å². The van der Waals surface area contributed by atoms with Crippen LogP contribution in [0.4, 0.5) is 0 Å². The number of nitrogens with zero attached hydrogens (tertiary/aromatic N) is 3. The molecule has 1 fully saturated rings. The summed E-state index contributed by atoms with van der Waals surface area (Å²) in [5.41, 5.74) is 1.82. The molecule has 30 heavy (non-hydrogen) atoms. The van der Waals surface area contributed by atoms with E-state index in [1.165, 1.54) is 0 Å². The maximum absolute atomic E-state index is 12.2. The fraction of sp³-hybridized carbons (Fsp3) is 0.455. The summed E-state index contributed by atoms with van der Waals surface area (Å²) in [7, 11) is 0. The Hall–Kier alpha value is -2.25. The van der Waals surface area contributed by atoms with Gasteiger partial charge in [0.15, 0.2) is 0 Å². The molecule has 4 rings (SSSR count). The second-order valence-electron chi connectivity index (χ2n) is 8.05. The van der Waals surface area contributed by atoms with Gasteiger partial charge in [0, 0.05) is 29.2 Å². The zero-order valence-electron chi connectivity index (χ0n) is 17.2. The van der Waals surface area contributed by atoms with Gasteiger partial charge in [-0.25, -0.2) is 4.98 Å². The van der Waals surface area contributed by atoms with E-state index in [4.69, 9.17) is 16.0 Å². The molecule has 0 saturated heterocycles. The van der Waals surface area contributed by atoms with E-state index in [1.54, 1.807) is 11.3 Å². The van der Waals surface area contributed by atoms with Crippen molar-refractivity contribution in [2.75, 3.05) is 0 Å². The fourth-order valence-corrected chi connectivity index (χ4v) is 4.60. The molecule has 0 radical (unpaired) electrons. The molecule has 0 bridgehead atoms. The summed E-state index contributed by atoms with van der Waals surface area (Å²) in [6.07, 6.45) is 3.80. The van der Waals surface area contributed by atoms with Crippen molar-refractivity contribution in [1.82, 2.24) is 20.5 Å². The number of amides is 1. The van der Waals surface area contributed by atoms with Crippen molar-refractivity contribution >= 4 is 28.8 Å². The lowest BCUT2D eigenvalue weighted by molar-refractivity contribution is -0.121. The fourth-order valence-electron chi connectivity index (χ4n) is 3.64. The predicted octanol–water partition coefficient (Wildman–Crippen LogP) is 5.02. The maximum Gasteiger partial charge on any atom is 0.227 e. The number of aryl methyl sites for hydroxylation is 1. The first-order valence-electron chi connectivity index (χ1n) is 10.3. The topological polar surface area (TPSA) is 80.9 Å². The first-order valence-corrected chi connectivity index (χ1v) is 11.5. The van der Waals surface area contributed by atoms with Gasteiger partial charge in [-0.3, -0.25) is 4.79 Å². The molecule has 1 N–H and O–H groups in total. The zero-order valence-corrected chi connectivity index (χ0v) is 18.7. The van der Waals surface area contributed by atoms with Gasteiger partial charge in [-0.15, -0.1) is 21.5 Å². The molecule has 1 aliphatic carbocycles. The van der Waals surface area contributed by atoms with Crippen molar-refractivity contribution < 1.29 is 9.21 Å². The van der Waals surface area contributed by atoms with Crippen LogP contribution in [0.25, 0.3) is 0 Å². The largest absolute Gasteiger partial charge is 0.424 e. The third kappa shape index (κ3) is 4.42. The predicted molar refractivity (Wildman–Crippen MR) is 117 cm³/mol. The molecule has 6 nitrogen and oxygen atoms in total. The highest BCUT2D eigenvalue weighted by Crippen LogP contribution is 2.48. The standard InChI is InChI=1S/C22H25ClN4O2S/c1-14(2)20-25-17(13-30-20)12-24-18(28)8-9-19-26-27-21(29-19)22(10-3-11-22)15-4-6-16(23)7-5-15/h4-7,13-14H,3,8-12H2,1-2H3,(H,24,28). The third-order valence-corrected chi connectivity index (χ3v) is 7.02. The SMILES string of the molecule is CC(C)c1nc(CNC(=O)CCc2nnc(C3(c4ccc(Cl)cc4)CCC3)o2)cs1. The quantitative estimate of drug-likeness (QED) is 0.527. The Kier molecular flexibility index (Phi) is 6.20. The van der Waals surface area contributed by atoms with Crippen LogP contribution in [0.1, 0.15) is 73.5 Å². The first-order chi connectivity index (χ1) is 14.5. The number of rotatable bonds is 8. The molecular weight excluding hydrogens is 420 g/mol. The van der Waals surface area contributed by atoms with E-state index >= 15 is 0 Å². The highest BCUT2D eigenvalue weighted by atomic mass is 35.5. The number of aromatic nitrogens is 3. The van der Waals surface area contributed by atoms with Crippen molar-refractivity contribution in [3.8, 4) is 0 Å². The van der Waals surface area contributed by atoms with Crippen LogP contribution in [0, 0.1) is 0 Å². The van der Waals surface area contributed by atoms with Crippen molar-refractivity contribution in [1.29, 1.82) is 0 Å². The van der Waals surface area contributed by atoms with Gasteiger partial charge < -0.3 is 9.73 Å². The molecule has 0 aliphatic heterocycles. The van der Waals surface area contributed by atoms with Crippen LogP contribution in [0.15, 0.2) is 34.1 Å². The molecule has 0 atom stereocenters. The number of thiazole rings is 1. The molecule has 1 saturated carbocycles. The van der Waals surface area contributed by atoms with E-state index in [9.17, 15) is 4.79 Å². The molecule has 3 aromatic rings. The molecule has 0 unspecified atom stereocenters. The van der Waals surface area contributed by atoms with Gasteiger partial charge in [0.1, 0.15) is 0 Å². The average Bonchev–Trinajstić information content (AvgIpc) is 3.35. The van der Waals surface area contributed by atoms with Gasteiger partial charge in [-0.2, -0.15) is 0 Å². The Bertz CT molecular complexity index is 1010. The lowest BCUT2D eigenvalue weighted by Gasteiger charge is -2.39. The van der Waals surface area contributed by atoms with Crippen LogP contribution >= 0.6 is 22.9 Å². The molecule has 1 aromatic carbocycles. The Morgan fingerprint density at radius 1 is 1.27 bits per heavy atom. The Morgan fingerprint density at radius 3 is 2.67 bits per heavy atom. The van der Waals surface area contributed by atoms with Gasteiger partial charge in [0.25, 0.3) is 0 Å². The van der Waals surface area contributed by atoms with Crippen LogP contribution < -0.4 is 5.32 Å². The number of nitrogens with one attached hydrogen (secondary N) is 1. The summed E-state index contributed by atoms with van der Waals surface area (Å²) in [5.74, 6) is 1.48. The second kappa shape index (κ2) is 8.86. The van der Waals surface area contributed by atoms with E-state index in [1.807, 2.05) is 29.6 Å². The van der Waals surface area contributed by atoms with Gasteiger partial charge in [-0.05, 0) is 30.5 Å². The van der Waals surface area contributed by atoms with Crippen LogP contribution in [0.3, 0.4) is 0 Å². The number of carbonyl (C=O) groups is 1. The molecule has 1 amide bonds. The Morgan fingerprint density at radius 2 is 2.03 bits per heavy atom. The summed E-state index contributed by atoms with van der Waals surface area (Å²) < 4.78 is 5.97. The van der Waals surface area contributed by atoms with Crippen molar-refractivity contribution in [3.63, 3.8) is 0 Å². The monoisotopic (exact) mass is 444 g/mol. The molecule has 2 heterocycles. The first kappa shape index (κ1) is 21.0. The molecule has 2 aromatic heterocycles. The minimum atomic E-state index is -0.225. The van der Waals surface area contributed by atoms with Crippen LogP contribution in [0.5, 0.6) is 0 Å². The number of carbonyl (C=O) groups excluding carboxylic acids is 1. The Labute approximate surface area is 185 Å². The average molecular weight is 445 g/mol. The lowest BCUT2D eigenvalue weighted by Crippen LogP contribution is -2.35. The summed E-state index contributed by atoms with van der Waals surface area (Å²) in [4.78, 5) is 16.8. The van der Waals surface area contributed by atoms with Crippen LogP contribution in [-0.2, 0) is 23.2 Å². The van der Waals surface area contributed by atoms with Gasteiger partial charge in [-0.1, -0.05) is 44.0 Å². The molecular formula is C22H25ClN4O2S. The zero-order chi connectivity index (χ0) is 21.1. The second-order valence-corrected chi connectivity index (χ2v) is 9.38. The minimum Gasteiger partial charge on any atom is -0.424 e. The van der Waals surface area contributed by atoms with E-state index in [0.29, 0.717) is 42.1 Å². The summed E-state index contributed by atoms with van der Waals surface area (Å²) in [6, 6.07) is 7.85. The highest BCUT2D eigenvalue weighted by Gasteiger charge is 2.45. The summed E-state index contributed by atoms with van der Waals surface area (Å²) in [5, 5.41) is 15.2. The summed E-state index contributed by atoms with van der Waals surface area (Å²) in [6.45, 7) is 4.66. The minimum absolute atomic E-state index is 0.0510. The Balaban J connectivity index is 1.33. The molecule has 158 valence electrons. The highest BCUT2D eigenvalue weighted by molar-refractivity contribution is 7.09. The number of benzene rings is 1. The third-order valence-electron chi connectivity index (χ3n) is 5.58. The molecule has 1 aliphatic rings. The van der Waals surface area contributed by atoms with Crippen molar-refractivity contribution in [2.24, 2.45) is 0 Å². The maximum atomic E-state index is 12.2. The number of halogens is 1. The normalized spacial score (nSPS) is 15.2. The van der Waals surface area contributed by atoms with Crippen molar-refractivity contribution in [2.45, 2.75) is 63.8 Å². The van der Waals surface area contributed by atoms with Crippen LogP contribution in [0.2, 0.25) is 5.02 Å². The lowest BCUT2D eigenvalue weighted by atomic mass is 9.64. The summed E-state index contributed by atoms with van der Waals surface area (Å²) >= 11 is 7.66. The number of hydrogen-bond donors (Lipinski definition) is 1. The molecule has 8 heteroatoms. The van der Waals surface area contributed by atoms with Gasteiger partial charge >= 0.3 is 0 Å². The van der Waals surface area contributed by atoms with Crippen molar-refractivity contribution in [3.05, 3.63) is 62.7 Å². The van der Waals surface area contributed by atoms with E-state index in [-0.39, 0.29) is 11.3 Å².